The predicted molar refractivity (Wildman–Crippen MR) is 89.9 cm³/mol. The average Bonchev–Trinajstić information content (AvgIpc) is 2.61. The second kappa shape index (κ2) is 4.96. The summed E-state index contributed by atoms with van der Waals surface area (Å²) < 4.78 is 5.86. The standard InChI is InChI=1S/C19H21NO2/c1-18(2)16(17(21)19(3,4)22-18)12-20-15-10-9-13-7-5-6-8-14(13)11-15/h5-12,20H,1-4H3. The van der Waals surface area contributed by atoms with Crippen LogP contribution in [0.25, 0.3) is 10.8 Å². The third kappa shape index (κ3) is 2.53. The Morgan fingerprint density at radius 2 is 1.64 bits per heavy atom. The smallest absolute Gasteiger partial charge is 0.194 e. The monoisotopic (exact) mass is 295 g/mol. The first kappa shape index (κ1) is 14.8. The Bertz CT molecular complexity index is 772. The number of fused-ring (bicyclic) bond motifs is 1. The van der Waals surface area contributed by atoms with Gasteiger partial charge in [0.15, 0.2) is 5.78 Å². The van der Waals surface area contributed by atoms with Crippen LogP contribution in [0.1, 0.15) is 27.7 Å². The molecule has 1 N–H and O–H groups in total. The zero-order valence-corrected chi connectivity index (χ0v) is 13.4. The Balaban J connectivity index is 1.90. The van der Waals surface area contributed by atoms with Crippen LogP contribution in [0.15, 0.2) is 54.2 Å². The van der Waals surface area contributed by atoms with Crippen LogP contribution < -0.4 is 5.32 Å². The highest BCUT2D eigenvalue weighted by Gasteiger charge is 2.49. The number of rotatable bonds is 2. The molecule has 2 aromatic rings. The summed E-state index contributed by atoms with van der Waals surface area (Å²) in [6.07, 6.45) is 1.78. The Labute approximate surface area is 131 Å². The maximum absolute atomic E-state index is 12.4. The Morgan fingerprint density at radius 3 is 2.27 bits per heavy atom. The molecule has 0 unspecified atom stereocenters. The number of ether oxygens (including phenoxy) is 1. The van der Waals surface area contributed by atoms with Crippen LogP contribution in [0.5, 0.6) is 0 Å². The van der Waals surface area contributed by atoms with Crippen LogP contribution >= 0.6 is 0 Å². The summed E-state index contributed by atoms with van der Waals surface area (Å²) in [5, 5.41) is 5.60. The van der Waals surface area contributed by atoms with Crippen molar-refractivity contribution in [1.82, 2.24) is 0 Å². The van der Waals surface area contributed by atoms with Crippen LogP contribution in [-0.4, -0.2) is 17.0 Å². The van der Waals surface area contributed by atoms with Gasteiger partial charge in [-0.2, -0.15) is 0 Å². The van der Waals surface area contributed by atoms with Crippen LogP contribution in [0.3, 0.4) is 0 Å². The average molecular weight is 295 g/mol. The highest BCUT2D eigenvalue weighted by Crippen LogP contribution is 2.38. The van der Waals surface area contributed by atoms with Crippen molar-refractivity contribution in [1.29, 1.82) is 0 Å². The molecule has 114 valence electrons. The fraction of sp³-hybridized carbons (Fsp3) is 0.316. The lowest BCUT2D eigenvalue weighted by Crippen LogP contribution is -2.29. The number of Topliss-reactive ketones (excluding diaryl/α,β-unsaturated/α-hetero) is 1. The van der Waals surface area contributed by atoms with Gasteiger partial charge in [0.05, 0.1) is 5.60 Å². The van der Waals surface area contributed by atoms with E-state index in [0.29, 0.717) is 5.57 Å². The molecular weight excluding hydrogens is 274 g/mol. The van der Waals surface area contributed by atoms with Gasteiger partial charge in [-0.05, 0) is 50.6 Å². The van der Waals surface area contributed by atoms with Gasteiger partial charge in [-0.15, -0.1) is 0 Å². The van der Waals surface area contributed by atoms with Gasteiger partial charge < -0.3 is 10.1 Å². The number of benzene rings is 2. The summed E-state index contributed by atoms with van der Waals surface area (Å²) in [6.45, 7) is 7.48. The van der Waals surface area contributed by atoms with Gasteiger partial charge >= 0.3 is 0 Å². The van der Waals surface area contributed by atoms with E-state index < -0.39 is 11.2 Å². The van der Waals surface area contributed by atoms with Crippen LogP contribution in [0.2, 0.25) is 0 Å². The quantitative estimate of drug-likeness (QED) is 0.840. The van der Waals surface area contributed by atoms with E-state index in [1.54, 1.807) is 6.20 Å². The number of anilines is 1. The van der Waals surface area contributed by atoms with Gasteiger partial charge in [0, 0.05) is 17.5 Å². The largest absolute Gasteiger partial charge is 0.361 e. The maximum Gasteiger partial charge on any atom is 0.194 e. The molecule has 3 nitrogen and oxygen atoms in total. The van der Waals surface area contributed by atoms with Crippen molar-refractivity contribution in [2.45, 2.75) is 38.9 Å². The molecule has 2 aromatic carbocycles. The lowest BCUT2D eigenvalue weighted by Gasteiger charge is -2.22. The van der Waals surface area contributed by atoms with Gasteiger partial charge in [-0.3, -0.25) is 4.79 Å². The molecule has 1 aliphatic heterocycles. The highest BCUT2D eigenvalue weighted by atomic mass is 16.5. The van der Waals surface area contributed by atoms with E-state index in [9.17, 15) is 4.79 Å². The van der Waals surface area contributed by atoms with Gasteiger partial charge in [0.25, 0.3) is 0 Å². The molecule has 0 spiro atoms. The molecule has 0 aliphatic carbocycles. The summed E-state index contributed by atoms with van der Waals surface area (Å²) in [5.41, 5.74) is 0.287. The molecule has 3 rings (SSSR count). The van der Waals surface area contributed by atoms with Crippen molar-refractivity contribution in [3.63, 3.8) is 0 Å². The molecule has 0 aromatic heterocycles. The van der Waals surface area contributed by atoms with Crippen molar-refractivity contribution in [2.75, 3.05) is 5.32 Å². The third-order valence-electron chi connectivity index (χ3n) is 4.08. The second-order valence-corrected chi connectivity index (χ2v) is 6.72. The molecule has 1 fully saturated rings. The molecular formula is C19H21NO2. The van der Waals surface area contributed by atoms with E-state index in [-0.39, 0.29) is 5.78 Å². The Morgan fingerprint density at radius 1 is 0.955 bits per heavy atom. The predicted octanol–water partition coefficient (Wildman–Crippen LogP) is 4.29. The van der Waals surface area contributed by atoms with Gasteiger partial charge in [0.2, 0.25) is 0 Å². The molecule has 0 bridgehead atoms. The second-order valence-electron chi connectivity index (χ2n) is 6.72. The van der Waals surface area contributed by atoms with Crippen LogP contribution in [0, 0.1) is 0 Å². The molecule has 1 aliphatic rings. The zero-order chi connectivity index (χ0) is 16.0. The molecule has 0 atom stereocenters. The topological polar surface area (TPSA) is 38.3 Å². The minimum Gasteiger partial charge on any atom is -0.361 e. The third-order valence-corrected chi connectivity index (χ3v) is 4.08. The van der Waals surface area contributed by atoms with Crippen molar-refractivity contribution in [3.8, 4) is 0 Å². The normalized spacial score (nSPS) is 21.5. The van der Waals surface area contributed by atoms with E-state index in [0.717, 1.165) is 5.69 Å². The fourth-order valence-electron chi connectivity index (χ4n) is 3.01. The minimum absolute atomic E-state index is 0.0331. The molecule has 1 saturated heterocycles. The summed E-state index contributed by atoms with van der Waals surface area (Å²) in [4.78, 5) is 12.4. The SMILES string of the molecule is CC1(C)OC(C)(C)C(=CNc2ccc3ccccc3c2)C1=O. The van der Waals surface area contributed by atoms with Crippen LogP contribution in [0.4, 0.5) is 5.69 Å². The first-order chi connectivity index (χ1) is 10.3. The summed E-state index contributed by atoms with van der Waals surface area (Å²) in [7, 11) is 0. The number of nitrogens with one attached hydrogen (secondary N) is 1. The van der Waals surface area contributed by atoms with Gasteiger partial charge in [0.1, 0.15) is 5.60 Å². The molecule has 0 saturated carbocycles. The number of hydrogen-bond donors (Lipinski definition) is 1. The lowest BCUT2D eigenvalue weighted by molar-refractivity contribution is -0.132. The van der Waals surface area contributed by atoms with Crippen molar-refractivity contribution >= 4 is 22.2 Å². The van der Waals surface area contributed by atoms with Crippen molar-refractivity contribution in [3.05, 3.63) is 54.2 Å². The molecule has 0 amide bonds. The number of hydrogen-bond acceptors (Lipinski definition) is 3. The maximum atomic E-state index is 12.4. The first-order valence-electron chi connectivity index (χ1n) is 7.51. The van der Waals surface area contributed by atoms with Crippen molar-refractivity contribution < 1.29 is 9.53 Å². The number of ketones is 1. The molecule has 22 heavy (non-hydrogen) atoms. The minimum atomic E-state index is -0.763. The van der Waals surface area contributed by atoms with E-state index in [1.807, 2.05) is 45.9 Å². The Hall–Kier alpha value is -2.13. The van der Waals surface area contributed by atoms with E-state index in [2.05, 4.69) is 29.6 Å². The fourth-order valence-corrected chi connectivity index (χ4v) is 3.01. The van der Waals surface area contributed by atoms with E-state index in [1.165, 1.54) is 10.8 Å². The number of carbonyl (C=O) groups excluding carboxylic acids is 1. The molecule has 0 radical (unpaired) electrons. The summed E-state index contributed by atoms with van der Waals surface area (Å²) in [6, 6.07) is 14.4. The van der Waals surface area contributed by atoms with Gasteiger partial charge in [-0.25, -0.2) is 0 Å². The van der Waals surface area contributed by atoms with Crippen molar-refractivity contribution in [2.24, 2.45) is 0 Å². The van der Waals surface area contributed by atoms with Gasteiger partial charge in [-0.1, -0.05) is 30.3 Å². The van der Waals surface area contributed by atoms with E-state index >= 15 is 0 Å². The number of carbonyl (C=O) groups is 1. The molecule has 1 heterocycles. The highest BCUT2D eigenvalue weighted by molar-refractivity contribution is 6.05. The lowest BCUT2D eigenvalue weighted by atomic mass is 9.93. The Kier molecular flexibility index (Phi) is 3.33. The summed E-state index contributed by atoms with van der Waals surface area (Å²) in [5.74, 6) is 0.0331. The first-order valence-corrected chi connectivity index (χ1v) is 7.51. The van der Waals surface area contributed by atoms with Crippen LogP contribution in [-0.2, 0) is 9.53 Å². The summed E-state index contributed by atoms with van der Waals surface area (Å²) >= 11 is 0. The zero-order valence-electron chi connectivity index (χ0n) is 13.4. The van der Waals surface area contributed by atoms with E-state index in [4.69, 9.17) is 4.74 Å². The molecule has 3 heteroatoms.